The van der Waals surface area contributed by atoms with Gasteiger partial charge in [-0.2, -0.15) is 0 Å². The molecule has 6 N–H and O–H groups in total. The largest absolute Gasteiger partial charge is 0.444 e. The van der Waals surface area contributed by atoms with Crippen molar-refractivity contribution in [2.24, 2.45) is 10.7 Å². The molecule has 28 heavy (non-hydrogen) atoms. The van der Waals surface area contributed by atoms with E-state index in [-0.39, 0.29) is 18.9 Å². The van der Waals surface area contributed by atoms with Crippen LogP contribution in [0.4, 0.5) is 4.79 Å². The molecule has 0 aromatic rings. The van der Waals surface area contributed by atoms with E-state index < -0.39 is 40.3 Å². The van der Waals surface area contributed by atoms with E-state index >= 15 is 0 Å². The van der Waals surface area contributed by atoms with Crippen molar-refractivity contribution in [2.45, 2.75) is 77.7 Å². The number of rotatable bonds is 8. The van der Waals surface area contributed by atoms with Crippen LogP contribution in [0, 0.1) is 10.1 Å². The number of ether oxygens (including phenoxy) is 1. The Labute approximate surface area is 164 Å². The Hall–Kier alpha value is -2.63. The van der Waals surface area contributed by atoms with Crippen LogP contribution in [0.1, 0.15) is 54.4 Å². The second kappa shape index (κ2) is 10.6. The number of nitrogens with one attached hydrogen (secondary N) is 3. The van der Waals surface area contributed by atoms with E-state index in [4.69, 9.17) is 10.5 Å². The number of hydrogen-bond acceptors (Lipinski definition) is 7. The highest BCUT2D eigenvalue weighted by molar-refractivity contribution is 5.82. The van der Waals surface area contributed by atoms with E-state index in [1.165, 1.54) is 0 Å². The fraction of sp³-hybridized carbons (Fsp3) is 0.812. The zero-order valence-electron chi connectivity index (χ0n) is 17.2. The lowest BCUT2D eigenvalue weighted by molar-refractivity contribution is -0.525. The number of carbonyl (C=O) groups excluding carboxylic acids is 2. The van der Waals surface area contributed by atoms with Crippen molar-refractivity contribution in [1.29, 1.82) is 0 Å². The van der Waals surface area contributed by atoms with Crippen LogP contribution >= 0.6 is 0 Å². The van der Waals surface area contributed by atoms with Gasteiger partial charge in [-0.3, -0.25) is 4.79 Å². The molecule has 0 spiro atoms. The number of hydrazine groups is 1. The third kappa shape index (κ3) is 12.7. The second-order valence-corrected chi connectivity index (χ2v) is 8.21. The molecule has 0 aromatic carbocycles. The van der Waals surface area contributed by atoms with Crippen molar-refractivity contribution >= 4 is 18.0 Å². The molecule has 0 saturated heterocycles. The summed E-state index contributed by atoms with van der Waals surface area (Å²) in [5, 5.41) is 24.9. The first-order valence-corrected chi connectivity index (χ1v) is 8.81. The van der Waals surface area contributed by atoms with Crippen molar-refractivity contribution in [2.75, 3.05) is 6.54 Å². The van der Waals surface area contributed by atoms with Crippen molar-refractivity contribution in [3.63, 3.8) is 0 Å². The van der Waals surface area contributed by atoms with Crippen LogP contribution in [0.5, 0.6) is 0 Å². The summed E-state index contributed by atoms with van der Waals surface area (Å²) in [5.74, 6) is -1.01. The summed E-state index contributed by atoms with van der Waals surface area (Å²) < 4.78 is 5.16. The highest BCUT2D eigenvalue weighted by Crippen LogP contribution is 2.10. The maximum absolute atomic E-state index is 12.2. The van der Waals surface area contributed by atoms with Crippen molar-refractivity contribution in [3.05, 3.63) is 10.1 Å². The first kappa shape index (κ1) is 25.4. The van der Waals surface area contributed by atoms with Gasteiger partial charge in [-0.25, -0.2) is 19.9 Å². The molecule has 12 heteroatoms. The van der Waals surface area contributed by atoms with Crippen molar-refractivity contribution in [1.82, 2.24) is 16.1 Å². The average molecular weight is 404 g/mol. The molecule has 0 rings (SSSR count). The number of guanidine groups is 1. The first-order valence-electron chi connectivity index (χ1n) is 8.81. The fourth-order valence-electron chi connectivity index (χ4n) is 2.03. The van der Waals surface area contributed by atoms with Gasteiger partial charge in [-0.1, -0.05) is 5.43 Å². The van der Waals surface area contributed by atoms with Crippen LogP contribution < -0.4 is 21.8 Å². The Morgan fingerprint density at radius 1 is 1.25 bits per heavy atom. The zero-order valence-corrected chi connectivity index (χ0v) is 17.2. The molecule has 2 atom stereocenters. The summed E-state index contributed by atoms with van der Waals surface area (Å²) in [5.41, 5.74) is 5.70. The Balaban J connectivity index is 5.00. The van der Waals surface area contributed by atoms with Gasteiger partial charge in [-0.15, -0.1) is 0 Å². The number of nitrogens with zero attached hydrogens (tertiary/aromatic N) is 2. The lowest BCUT2D eigenvalue weighted by Gasteiger charge is -2.28. The summed E-state index contributed by atoms with van der Waals surface area (Å²) in [4.78, 5) is 38.3. The van der Waals surface area contributed by atoms with Gasteiger partial charge in [0.1, 0.15) is 5.60 Å². The van der Waals surface area contributed by atoms with Crippen LogP contribution in [0.2, 0.25) is 0 Å². The molecule has 0 radical (unpaired) electrons. The normalized spacial score (nSPS) is 14.6. The van der Waals surface area contributed by atoms with Gasteiger partial charge in [-0.05, 0) is 54.4 Å². The number of aliphatic imine (C=N–C) groups is 1. The molecular weight excluding hydrogens is 372 g/mol. The van der Waals surface area contributed by atoms with Gasteiger partial charge in [0, 0.05) is 12.1 Å². The minimum Gasteiger partial charge on any atom is -0.444 e. The predicted octanol–water partition coefficient (Wildman–Crippen LogP) is 0.0315. The Kier molecular flexibility index (Phi) is 9.64. The summed E-state index contributed by atoms with van der Waals surface area (Å²) in [7, 11) is 0. The second-order valence-electron chi connectivity index (χ2n) is 8.21. The van der Waals surface area contributed by atoms with Crippen LogP contribution in [0.25, 0.3) is 0 Å². The maximum Gasteiger partial charge on any atom is 0.407 e. The fourth-order valence-corrected chi connectivity index (χ4v) is 2.03. The third-order valence-corrected chi connectivity index (χ3v) is 3.01. The Morgan fingerprint density at radius 2 is 1.82 bits per heavy atom. The number of aliphatic hydroxyl groups is 1. The summed E-state index contributed by atoms with van der Waals surface area (Å²) in [6.07, 6.45) is -1.85. The lowest BCUT2D eigenvalue weighted by atomic mass is 10.0. The molecule has 0 aliphatic rings. The van der Waals surface area contributed by atoms with Gasteiger partial charge < -0.3 is 26.2 Å². The maximum atomic E-state index is 12.2. The average Bonchev–Trinajstić information content (AvgIpc) is 2.45. The van der Waals surface area contributed by atoms with Gasteiger partial charge in [0.15, 0.2) is 11.1 Å². The van der Waals surface area contributed by atoms with Gasteiger partial charge in [0.05, 0.1) is 6.04 Å². The lowest BCUT2D eigenvalue weighted by Crippen LogP contribution is -2.54. The molecule has 0 bridgehead atoms. The van der Waals surface area contributed by atoms with Crippen molar-refractivity contribution < 1.29 is 24.5 Å². The number of carbonyl (C=O) groups is 2. The first-order chi connectivity index (χ1) is 12.6. The SMILES string of the molecule is CC(C)(C)NC(=O)C(O)[C@H](CCCN=C(N)N[N+](=O)[O-])NC(=O)OC(C)(C)C. The van der Waals surface area contributed by atoms with E-state index in [9.17, 15) is 24.8 Å². The molecule has 2 amide bonds. The smallest absolute Gasteiger partial charge is 0.407 e. The van der Waals surface area contributed by atoms with E-state index in [2.05, 4.69) is 15.6 Å². The number of aliphatic hydroxyl groups excluding tert-OH is 1. The number of hydrogen-bond donors (Lipinski definition) is 5. The molecule has 0 saturated carbocycles. The standard InChI is InChI=1S/C16H32N6O6/c1-15(2,3)20-12(24)11(23)10(19-14(25)28-16(4,5)6)8-7-9-18-13(17)21-22(26)27/h10-11,23H,7-9H2,1-6H3,(H,19,25)(H,20,24)(H3,17,18,21)/t10-,11?/m0/s1. The number of nitro groups is 1. The molecule has 0 heterocycles. The quantitative estimate of drug-likeness (QED) is 0.123. The molecule has 1 unspecified atom stereocenters. The van der Waals surface area contributed by atoms with Crippen LogP contribution in [-0.2, 0) is 9.53 Å². The van der Waals surface area contributed by atoms with Gasteiger partial charge in [0.25, 0.3) is 11.9 Å². The number of alkyl carbamates (subject to hydrolysis) is 1. The molecule has 0 aliphatic heterocycles. The monoisotopic (exact) mass is 404 g/mol. The Morgan fingerprint density at radius 3 is 2.29 bits per heavy atom. The minimum absolute atomic E-state index is 0.0901. The third-order valence-electron chi connectivity index (χ3n) is 3.01. The predicted molar refractivity (Wildman–Crippen MR) is 103 cm³/mol. The molecule has 12 nitrogen and oxygen atoms in total. The van der Waals surface area contributed by atoms with Crippen LogP contribution in [0.3, 0.4) is 0 Å². The summed E-state index contributed by atoms with van der Waals surface area (Å²) >= 11 is 0. The summed E-state index contributed by atoms with van der Waals surface area (Å²) in [6, 6.07) is -0.947. The van der Waals surface area contributed by atoms with E-state index in [0.717, 1.165) is 0 Å². The van der Waals surface area contributed by atoms with E-state index in [0.29, 0.717) is 6.42 Å². The molecule has 0 aliphatic carbocycles. The zero-order chi connectivity index (χ0) is 22.1. The highest BCUT2D eigenvalue weighted by atomic mass is 16.7. The van der Waals surface area contributed by atoms with E-state index in [1.54, 1.807) is 47.0 Å². The Bertz CT molecular complexity index is 581. The number of nitrogens with two attached hydrogens (primary N) is 1. The summed E-state index contributed by atoms with van der Waals surface area (Å²) in [6.45, 7) is 10.4. The topological polar surface area (TPSA) is 181 Å². The number of amides is 2. The van der Waals surface area contributed by atoms with Crippen LogP contribution in [-0.4, -0.2) is 57.9 Å². The minimum atomic E-state index is -1.52. The van der Waals surface area contributed by atoms with Crippen LogP contribution in [0.15, 0.2) is 4.99 Å². The molecule has 0 aromatic heterocycles. The van der Waals surface area contributed by atoms with E-state index in [1.807, 2.05) is 0 Å². The van der Waals surface area contributed by atoms with Crippen molar-refractivity contribution in [3.8, 4) is 0 Å². The van der Waals surface area contributed by atoms with Gasteiger partial charge in [0.2, 0.25) is 0 Å². The molecule has 162 valence electrons. The highest BCUT2D eigenvalue weighted by Gasteiger charge is 2.30. The molecule has 0 fully saturated rings. The van der Waals surface area contributed by atoms with Gasteiger partial charge >= 0.3 is 6.09 Å². The molecular formula is C16H32N6O6.